The average molecular weight is 229 g/mol. The van der Waals surface area contributed by atoms with E-state index in [1.54, 1.807) is 0 Å². The lowest BCUT2D eigenvalue weighted by atomic mass is 9.94. The van der Waals surface area contributed by atoms with Crippen LogP contribution >= 0.6 is 0 Å². The summed E-state index contributed by atoms with van der Waals surface area (Å²) in [6.45, 7) is 0.398. The summed E-state index contributed by atoms with van der Waals surface area (Å²) in [5.74, 6) is -0.0771. The molecule has 0 aromatic rings. The Morgan fingerprint density at radius 1 is 1.19 bits per heavy atom. The van der Waals surface area contributed by atoms with Gasteiger partial charge in [-0.3, -0.25) is 4.79 Å². The molecule has 0 saturated heterocycles. The van der Waals surface area contributed by atoms with E-state index >= 15 is 0 Å². The number of carbonyl (C=O) groups is 1. The smallest absolute Gasteiger partial charge is 0.220 e. The third-order valence-electron chi connectivity index (χ3n) is 3.21. The number of nitrogens with one attached hydrogen (secondary N) is 1. The molecule has 1 fully saturated rings. The highest BCUT2D eigenvalue weighted by Crippen LogP contribution is 2.26. The van der Waals surface area contributed by atoms with Crippen molar-refractivity contribution in [2.75, 3.05) is 13.2 Å². The summed E-state index contributed by atoms with van der Waals surface area (Å²) >= 11 is 0. The van der Waals surface area contributed by atoms with Crippen LogP contribution in [-0.4, -0.2) is 34.9 Å². The Labute approximate surface area is 97.0 Å². The number of amides is 1. The van der Waals surface area contributed by atoms with Gasteiger partial charge >= 0.3 is 0 Å². The standard InChI is InChI=1S/C12H23NO3/c14-9-5-6-11(15)13-10-12(16)7-3-1-2-4-8-12/h14,16H,1-10H2,(H,13,15). The Balaban J connectivity index is 2.25. The van der Waals surface area contributed by atoms with E-state index in [-0.39, 0.29) is 12.5 Å². The summed E-state index contributed by atoms with van der Waals surface area (Å²) < 4.78 is 0. The number of carbonyl (C=O) groups excluding carboxylic acids is 1. The lowest BCUT2D eigenvalue weighted by Crippen LogP contribution is -2.42. The molecule has 1 aliphatic carbocycles. The first-order valence-electron chi connectivity index (χ1n) is 6.26. The molecule has 0 atom stereocenters. The second-order valence-corrected chi connectivity index (χ2v) is 4.74. The molecule has 0 bridgehead atoms. The highest BCUT2D eigenvalue weighted by Gasteiger charge is 2.28. The second kappa shape index (κ2) is 6.86. The molecule has 1 amide bonds. The van der Waals surface area contributed by atoms with E-state index in [2.05, 4.69) is 5.32 Å². The molecule has 94 valence electrons. The van der Waals surface area contributed by atoms with Gasteiger partial charge in [0.2, 0.25) is 5.91 Å². The molecule has 0 aromatic heterocycles. The van der Waals surface area contributed by atoms with Gasteiger partial charge in [-0.25, -0.2) is 0 Å². The molecular weight excluding hydrogens is 206 g/mol. The van der Waals surface area contributed by atoms with Gasteiger partial charge in [-0.15, -0.1) is 0 Å². The van der Waals surface area contributed by atoms with Crippen molar-refractivity contribution in [3.63, 3.8) is 0 Å². The molecular formula is C12H23NO3. The van der Waals surface area contributed by atoms with Gasteiger partial charge in [0.1, 0.15) is 0 Å². The number of aliphatic hydroxyl groups excluding tert-OH is 1. The fourth-order valence-corrected chi connectivity index (χ4v) is 2.15. The van der Waals surface area contributed by atoms with Crippen LogP contribution in [0.4, 0.5) is 0 Å². The maximum atomic E-state index is 11.3. The van der Waals surface area contributed by atoms with Gasteiger partial charge in [0.25, 0.3) is 0 Å². The molecule has 4 heteroatoms. The van der Waals surface area contributed by atoms with E-state index < -0.39 is 5.60 Å². The lowest BCUT2D eigenvalue weighted by molar-refractivity contribution is -0.122. The predicted octanol–water partition coefficient (Wildman–Crippen LogP) is 0.960. The van der Waals surface area contributed by atoms with Crippen molar-refractivity contribution >= 4 is 5.91 Å². The molecule has 0 spiro atoms. The maximum Gasteiger partial charge on any atom is 0.220 e. The highest BCUT2D eigenvalue weighted by atomic mass is 16.3. The Bertz CT molecular complexity index is 210. The third-order valence-corrected chi connectivity index (χ3v) is 3.21. The zero-order chi connectivity index (χ0) is 11.9. The Morgan fingerprint density at radius 2 is 1.81 bits per heavy atom. The van der Waals surface area contributed by atoms with Gasteiger partial charge < -0.3 is 15.5 Å². The molecule has 0 radical (unpaired) electrons. The average Bonchev–Trinajstić information content (AvgIpc) is 2.49. The Morgan fingerprint density at radius 3 is 2.38 bits per heavy atom. The lowest BCUT2D eigenvalue weighted by Gasteiger charge is -2.26. The molecule has 0 heterocycles. The van der Waals surface area contributed by atoms with Crippen LogP contribution < -0.4 is 5.32 Å². The van der Waals surface area contributed by atoms with Crippen molar-refractivity contribution in [1.82, 2.24) is 5.32 Å². The highest BCUT2D eigenvalue weighted by molar-refractivity contribution is 5.75. The summed E-state index contributed by atoms with van der Waals surface area (Å²) in [7, 11) is 0. The zero-order valence-corrected chi connectivity index (χ0v) is 9.87. The van der Waals surface area contributed by atoms with Gasteiger partial charge in [-0.1, -0.05) is 25.7 Å². The van der Waals surface area contributed by atoms with Crippen LogP contribution in [-0.2, 0) is 4.79 Å². The van der Waals surface area contributed by atoms with Crippen molar-refractivity contribution < 1.29 is 15.0 Å². The van der Waals surface area contributed by atoms with Gasteiger partial charge in [-0.2, -0.15) is 0 Å². The largest absolute Gasteiger partial charge is 0.396 e. The molecule has 1 saturated carbocycles. The van der Waals surface area contributed by atoms with Crippen LogP contribution in [0.25, 0.3) is 0 Å². The van der Waals surface area contributed by atoms with Crippen LogP contribution in [0.1, 0.15) is 51.4 Å². The van der Waals surface area contributed by atoms with Crippen molar-refractivity contribution in [1.29, 1.82) is 0 Å². The molecule has 0 unspecified atom stereocenters. The minimum atomic E-state index is -0.703. The van der Waals surface area contributed by atoms with Gasteiger partial charge in [0.15, 0.2) is 0 Å². The van der Waals surface area contributed by atoms with Crippen molar-refractivity contribution in [2.45, 2.75) is 57.0 Å². The van der Waals surface area contributed by atoms with Crippen molar-refractivity contribution in [3.05, 3.63) is 0 Å². The summed E-state index contributed by atoms with van der Waals surface area (Å²) in [5.41, 5.74) is -0.703. The first kappa shape index (κ1) is 13.5. The summed E-state index contributed by atoms with van der Waals surface area (Å²) in [4.78, 5) is 11.3. The maximum absolute atomic E-state index is 11.3. The van der Waals surface area contributed by atoms with Crippen LogP contribution in [0, 0.1) is 0 Å². The second-order valence-electron chi connectivity index (χ2n) is 4.74. The summed E-state index contributed by atoms with van der Waals surface area (Å²) in [6.07, 6.45) is 6.85. The Kier molecular flexibility index (Phi) is 5.77. The number of rotatable bonds is 5. The molecule has 1 aliphatic rings. The van der Waals surface area contributed by atoms with Crippen LogP contribution in [0.2, 0.25) is 0 Å². The van der Waals surface area contributed by atoms with E-state index in [0.29, 0.717) is 19.4 Å². The first-order chi connectivity index (χ1) is 7.66. The van der Waals surface area contributed by atoms with Crippen molar-refractivity contribution in [3.8, 4) is 0 Å². The molecule has 3 N–H and O–H groups in total. The number of hydrogen-bond donors (Lipinski definition) is 3. The molecule has 0 aliphatic heterocycles. The zero-order valence-electron chi connectivity index (χ0n) is 9.87. The first-order valence-corrected chi connectivity index (χ1v) is 6.26. The SMILES string of the molecule is O=C(CCCO)NCC1(O)CCCCCC1. The predicted molar refractivity (Wildman–Crippen MR) is 62.0 cm³/mol. The van der Waals surface area contributed by atoms with E-state index in [4.69, 9.17) is 5.11 Å². The van der Waals surface area contributed by atoms with Crippen LogP contribution in [0.15, 0.2) is 0 Å². The number of aliphatic hydroxyl groups is 2. The van der Waals surface area contributed by atoms with E-state index in [0.717, 1.165) is 25.7 Å². The monoisotopic (exact) mass is 229 g/mol. The fourth-order valence-electron chi connectivity index (χ4n) is 2.15. The normalized spacial score (nSPS) is 20.1. The van der Waals surface area contributed by atoms with Crippen LogP contribution in [0.3, 0.4) is 0 Å². The topological polar surface area (TPSA) is 69.6 Å². The Hall–Kier alpha value is -0.610. The van der Waals surface area contributed by atoms with Gasteiger partial charge in [0.05, 0.1) is 5.60 Å². The number of hydrogen-bond acceptors (Lipinski definition) is 3. The summed E-state index contributed by atoms with van der Waals surface area (Å²) in [6, 6.07) is 0. The minimum Gasteiger partial charge on any atom is -0.396 e. The van der Waals surface area contributed by atoms with E-state index in [1.165, 1.54) is 12.8 Å². The third kappa shape index (κ3) is 4.94. The fraction of sp³-hybridized carbons (Fsp3) is 0.917. The molecule has 1 rings (SSSR count). The van der Waals surface area contributed by atoms with Gasteiger partial charge in [-0.05, 0) is 19.3 Å². The van der Waals surface area contributed by atoms with Gasteiger partial charge in [0, 0.05) is 19.6 Å². The molecule has 16 heavy (non-hydrogen) atoms. The molecule has 4 nitrogen and oxygen atoms in total. The van der Waals surface area contributed by atoms with E-state index in [1.807, 2.05) is 0 Å². The summed E-state index contributed by atoms with van der Waals surface area (Å²) in [5, 5.41) is 21.6. The quantitative estimate of drug-likeness (QED) is 0.615. The molecule has 0 aromatic carbocycles. The minimum absolute atomic E-state index is 0.0394. The van der Waals surface area contributed by atoms with Crippen LogP contribution in [0.5, 0.6) is 0 Å². The van der Waals surface area contributed by atoms with Crippen molar-refractivity contribution in [2.24, 2.45) is 0 Å². The van der Waals surface area contributed by atoms with E-state index in [9.17, 15) is 9.90 Å².